The molecule has 0 heterocycles. The maximum absolute atomic E-state index is 12.3. The first kappa shape index (κ1) is 19.1. The molecule has 132 valence electrons. The van der Waals surface area contributed by atoms with Gasteiger partial charge in [0.2, 0.25) is 0 Å². The van der Waals surface area contributed by atoms with Gasteiger partial charge >= 0.3 is 5.97 Å². The lowest BCUT2D eigenvalue weighted by Crippen LogP contribution is -2.13. The van der Waals surface area contributed by atoms with Crippen LogP contribution in [0.5, 0.6) is 5.75 Å². The first-order valence-corrected chi connectivity index (χ1v) is 8.37. The molecular formula is C18H17Cl2NO4. The molecule has 0 spiro atoms. The third-order valence-corrected chi connectivity index (χ3v) is 4.19. The van der Waals surface area contributed by atoms with Crippen LogP contribution in [0.3, 0.4) is 0 Å². The second-order valence-corrected chi connectivity index (χ2v) is 6.25. The summed E-state index contributed by atoms with van der Waals surface area (Å²) >= 11 is 11.9. The van der Waals surface area contributed by atoms with Crippen LogP contribution in [0.25, 0.3) is 0 Å². The third-order valence-electron chi connectivity index (χ3n) is 3.56. The summed E-state index contributed by atoms with van der Waals surface area (Å²) in [5.41, 5.74) is 0.423. The maximum atomic E-state index is 12.3. The number of benzene rings is 2. The van der Waals surface area contributed by atoms with Gasteiger partial charge in [0.05, 0.1) is 27.4 Å². The molecule has 2 aromatic carbocycles. The van der Waals surface area contributed by atoms with Gasteiger partial charge in [0.15, 0.2) is 0 Å². The third kappa shape index (κ3) is 4.87. The van der Waals surface area contributed by atoms with Crippen LogP contribution < -0.4 is 10.1 Å². The molecule has 5 nitrogen and oxygen atoms in total. The van der Waals surface area contributed by atoms with Crippen molar-refractivity contribution in [2.75, 3.05) is 5.32 Å². The Morgan fingerprint density at radius 3 is 2.36 bits per heavy atom. The number of rotatable bonds is 6. The molecule has 2 N–H and O–H groups in total. The van der Waals surface area contributed by atoms with E-state index in [0.717, 1.165) is 6.42 Å². The van der Waals surface area contributed by atoms with Crippen molar-refractivity contribution in [1.82, 2.24) is 0 Å². The van der Waals surface area contributed by atoms with Crippen LogP contribution in [0.2, 0.25) is 10.0 Å². The Kier molecular flexibility index (Phi) is 6.28. The van der Waals surface area contributed by atoms with E-state index in [2.05, 4.69) is 5.32 Å². The lowest BCUT2D eigenvalue weighted by molar-refractivity contribution is 0.0696. The highest BCUT2D eigenvalue weighted by molar-refractivity contribution is 6.38. The van der Waals surface area contributed by atoms with Gasteiger partial charge in [-0.2, -0.15) is 0 Å². The summed E-state index contributed by atoms with van der Waals surface area (Å²) in [6, 6.07) is 9.15. The molecule has 1 amide bonds. The molecule has 7 heteroatoms. The van der Waals surface area contributed by atoms with Gasteiger partial charge in [0.25, 0.3) is 5.91 Å². The predicted octanol–water partition coefficient (Wildman–Crippen LogP) is 5.12. The Morgan fingerprint density at radius 2 is 1.80 bits per heavy atom. The summed E-state index contributed by atoms with van der Waals surface area (Å²) in [5.74, 6) is -0.956. The summed E-state index contributed by atoms with van der Waals surface area (Å²) in [5, 5.41) is 11.8. The van der Waals surface area contributed by atoms with Crippen LogP contribution >= 0.6 is 23.2 Å². The van der Waals surface area contributed by atoms with Gasteiger partial charge < -0.3 is 15.2 Å². The van der Waals surface area contributed by atoms with E-state index in [0.29, 0.717) is 11.3 Å². The topological polar surface area (TPSA) is 75.6 Å². The number of carbonyl (C=O) groups excluding carboxylic acids is 1. The molecule has 0 unspecified atom stereocenters. The van der Waals surface area contributed by atoms with E-state index < -0.39 is 11.9 Å². The number of aromatic carboxylic acids is 1. The molecule has 0 bridgehead atoms. The fourth-order valence-corrected chi connectivity index (χ4v) is 2.51. The number of hydrogen-bond donors (Lipinski definition) is 2. The highest BCUT2D eigenvalue weighted by Crippen LogP contribution is 2.29. The normalized spacial score (nSPS) is 11.7. The summed E-state index contributed by atoms with van der Waals surface area (Å²) in [6.07, 6.45) is 0.963. The smallest absolute Gasteiger partial charge is 0.337 e. The van der Waals surface area contributed by atoms with E-state index in [1.54, 1.807) is 24.3 Å². The van der Waals surface area contributed by atoms with Crippen molar-refractivity contribution in [1.29, 1.82) is 0 Å². The van der Waals surface area contributed by atoms with Crippen LogP contribution in [0.4, 0.5) is 5.69 Å². The quantitative estimate of drug-likeness (QED) is 0.727. The van der Waals surface area contributed by atoms with E-state index in [1.807, 2.05) is 13.8 Å². The van der Waals surface area contributed by atoms with Crippen molar-refractivity contribution in [2.24, 2.45) is 0 Å². The van der Waals surface area contributed by atoms with Crippen LogP contribution in [-0.4, -0.2) is 23.1 Å². The van der Waals surface area contributed by atoms with Crippen LogP contribution in [-0.2, 0) is 0 Å². The van der Waals surface area contributed by atoms with Crippen molar-refractivity contribution in [3.05, 3.63) is 57.6 Å². The number of carboxylic acids is 1. The minimum atomic E-state index is -1.20. The number of ether oxygens (including phenoxy) is 1. The number of carboxylic acid groups (broad SMARTS) is 1. The number of amides is 1. The lowest BCUT2D eigenvalue weighted by atomic mass is 10.1. The van der Waals surface area contributed by atoms with Gasteiger partial charge in [0, 0.05) is 5.56 Å². The fourth-order valence-electron chi connectivity index (χ4n) is 2.00. The average molecular weight is 382 g/mol. The van der Waals surface area contributed by atoms with Gasteiger partial charge in [-0.05, 0) is 49.7 Å². The van der Waals surface area contributed by atoms with E-state index >= 15 is 0 Å². The fraction of sp³-hybridized carbons (Fsp3) is 0.222. The van der Waals surface area contributed by atoms with E-state index in [9.17, 15) is 9.59 Å². The largest absolute Gasteiger partial charge is 0.491 e. The van der Waals surface area contributed by atoms with E-state index in [-0.39, 0.29) is 27.4 Å². The zero-order valence-corrected chi connectivity index (χ0v) is 15.2. The van der Waals surface area contributed by atoms with Gasteiger partial charge in [-0.1, -0.05) is 30.1 Å². The van der Waals surface area contributed by atoms with E-state index in [4.69, 9.17) is 33.0 Å². The van der Waals surface area contributed by atoms with Crippen molar-refractivity contribution < 1.29 is 19.4 Å². The molecule has 0 saturated carbocycles. The number of carbonyl (C=O) groups is 2. The van der Waals surface area contributed by atoms with Gasteiger partial charge in [-0.15, -0.1) is 0 Å². The molecule has 25 heavy (non-hydrogen) atoms. The first-order valence-electron chi connectivity index (χ1n) is 7.62. The molecule has 0 radical (unpaired) electrons. The second kappa shape index (κ2) is 8.23. The number of hydrogen-bond acceptors (Lipinski definition) is 3. The maximum Gasteiger partial charge on any atom is 0.337 e. The highest BCUT2D eigenvalue weighted by Gasteiger charge is 2.15. The summed E-state index contributed by atoms with van der Waals surface area (Å²) in [7, 11) is 0. The van der Waals surface area contributed by atoms with Crippen molar-refractivity contribution in [3.63, 3.8) is 0 Å². The highest BCUT2D eigenvalue weighted by atomic mass is 35.5. The Morgan fingerprint density at radius 1 is 1.16 bits per heavy atom. The van der Waals surface area contributed by atoms with Crippen molar-refractivity contribution in [2.45, 2.75) is 26.4 Å². The van der Waals surface area contributed by atoms with Crippen molar-refractivity contribution >= 4 is 40.8 Å². The molecule has 0 aliphatic carbocycles. The Hall–Kier alpha value is -2.24. The summed E-state index contributed by atoms with van der Waals surface area (Å²) < 4.78 is 5.66. The van der Waals surface area contributed by atoms with Crippen molar-refractivity contribution in [3.8, 4) is 5.75 Å². The molecule has 0 fully saturated rings. The molecule has 0 saturated heterocycles. The molecule has 1 atom stereocenters. The molecule has 2 rings (SSSR count). The summed E-state index contributed by atoms with van der Waals surface area (Å²) in [4.78, 5) is 23.5. The van der Waals surface area contributed by atoms with E-state index in [1.165, 1.54) is 12.1 Å². The monoisotopic (exact) mass is 381 g/mol. The zero-order chi connectivity index (χ0) is 18.6. The van der Waals surface area contributed by atoms with Gasteiger partial charge in [-0.3, -0.25) is 4.79 Å². The Labute approximate surface area is 155 Å². The first-order chi connectivity index (χ1) is 11.8. The lowest BCUT2D eigenvalue weighted by Gasteiger charge is -2.13. The molecule has 0 aromatic heterocycles. The average Bonchev–Trinajstić information content (AvgIpc) is 2.57. The van der Waals surface area contributed by atoms with Crippen LogP contribution in [0.1, 0.15) is 41.0 Å². The predicted molar refractivity (Wildman–Crippen MR) is 98.2 cm³/mol. The van der Waals surface area contributed by atoms with Crippen LogP contribution in [0, 0.1) is 0 Å². The Bertz CT molecular complexity index is 790. The second-order valence-electron chi connectivity index (χ2n) is 5.43. The Balaban J connectivity index is 2.17. The molecular weight excluding hydrogens is 365 g/mol. The van der Waals surface area contributed by atoms with Gasteiger partial charge in [-0.25, -0.2) is 4.79 Å². The van der Waals surface area contributed by atoms with Gasteiger partial charge in [0.1, 0.15) is 5.75 Å². The summed E-state index contributed by atoms with van der Waals surface area (Å²) in [6.45, 7) is 3.98. The zero-order valence-electron chi connectivity index (χ0n) is 13.7. The minimum absolute atomic E-state index is 0.00189. The number of nitrogens with one attached hydrogen (secondary N) is 1. The molecule has 0 aliphatic heterocycles. The molecule has 2 aromatic rings. The number of anilines is 1. The van der Waals surface area contributed by atoms with Crippen LogP contribution in [0.15, 0.2) is 36.4 Å². The standard InChI is InChI=1S/C18H17Cl2NO4/c1-3-10(2)25-12-6-4-11(5-7-12)17(22)21-16-8-13(18(23)24)14(19)9-15(16)20/h4-10H,3H2,1-2H3,(H,21,22)(H,23,24)/t10-/m0/s1. The SMILES string of the molecule is CC[C@H](C)Oc1ccc(C(=O)Nc2cc(C(=O)O)c(Cl)cc2Cl)cc1. The number of halogens is 2. The molecule has 0 aliphatic rings. The minimum Gasteiger partial charge on any atom is -0.491 e.